The highest BCUT2D eigenvalue weighted by Crippen LogP contribution is 2.15. The fourth-order valence-corrected chi connectivity index (χ4v) is 1.40. The summed E-state index contributed by atoms with van der Waals surface area (Å²) in [5.41, 5.74) is 5.92. The quantitative estimate of drug-likeness (QED) is 0.751. The molecule has 0 aliphatic carbocycles. The van der Waals surface area contributed by atoms with Crippen LogP contribution in [0.15, 0.2) is 18.2 Å². The van der Waals surface area contributed by atoms with E-state index in [1.54, 1.807) is 6.92 Å². The molecule has 0 saturated carbocycles. The molecule has 0 radical (unpaired) electrons. The van der Waals surface area contributed by atoms with E-state index in [2.05, 4.69) is 0 Å². The summed E-state index contributed by atoms with van der Waals surface area (Å²) >= 11 is 0. The standard InChI is InChI=1S/C11H15FN2O2/c1-7(15)6-14(2)11(16)9-5-8(12)3-4-10(9)13/h3-5,7,15H,6,13H2,1-2H3. The number of aliphatic hydroxyl groups excluding tert-OH is 1. The van der Waals surface area contributed by atoms with E-state index in [4.69, 9.17) is 10.8 Å². The van der Waals surface area contributed by atoms with Crippen LogP contribution in [0, 0.1) is 5.82 Å². The molecule has 5 heteroatoms. The SMILES string of the molecule is CC(O)CN(C)C(=O)c1cc(F)ccc1N. The van der Waals surface area contributed by atoms with Crippen molar-refractivity contribution in [3.05, 3.63) is 29.6 Å². The second-order valence-electron chi connectivity index (χ2n) is 3.77. The van der Waals surface area contributed by atoms with Gasteiger partial charge in [-0.05, 0) is 25.1 Å². The Kier molecular flexibility index (Phi) is 3.84. The fraction of sp³-hybridized carbons (Fsp3) is 0.364. The van der Waals surface area contributed by atoms with Gasteiger partial charge in [0.2, 0.25) is 0 Å². The molecule has 16 heavy (non-hydrogen) atoms. The molecule has 4 nitrogen and oxygen atoms in total. The van der Waals surface area contributed by atoms with E-state index >= 15 is 0 Å². The smallest absolute Gasteiger partial charge is 0.255 e. The van der Waals surface area contributed by atoms with Gasteiger partial charge in [0.1, 0.15) is 5.82 Å². The van der Waals surface area contributed by atoms with Gasteiger partial charge in [0.05, 0.1) is 11.7 Å². The van der Waals surface area contributed by atoms with Crippen LogP contribution in [0.1, 0.15) is 17.3 Å². The number of carbonyl (C=O) groups is 1. The Balaban J connectivity index is 2.91. The van der Waals surface area contributed by atoms with Crippen molar-refractivity contribution in [2.45, 2.75) is 13.0 Å². The molecule has 1 aromatic rings. The van der Waals surface area contributed by atoms with Crippen molar-refractivity contribution in [2.24, 2.45) is 0 Å². The number of amides is 1. The van der Waals surface area contributed by atoms with Crippen LogP contribution < -0.4 is 5.73 Å². The number of nitrogens with two attached hydrogens (primary N) is 1. The monoisotopic (exact) mass is 226 g/mol. The van der Waals surface area contributed by atoms with Crippen LogP contribution in [0.25, 0.3) is 0 Å². The van der Waals surface area contributed by atoms with Gasteiger partial charge < -0.3 is 15.7 Å². The van der Waals surface area contributed by atoms with Gasteiger partial charge in [-0.1, -0.05) is 0 Å². The lowest BCUT2D eigenvalue weighted by Gasteiger charge is -2.19. The lowest BCUT2D eigenvalue weighted by atomic mass is 10.1. The molecule has 88 valence electrons. The largest absolute Gasteiger partial charge is 0.398 e. The summed E-state index contributed by atoms with van der Waals surface area (Å²) < 4.78 is 13.0. The van der Waals surface area contributed by atoms with Crippen molar-refractivity contribution in [2.75, 3.05) is 19.3 Å². The number of nitrogens with zero attached hydrogens (tertiary/aromatic N) is 1. The first-order valence-electron chi connectivity index (χ1n) is 4.90. The first kappa shape index (κ1) is 12.4. The maximum atomic E-state index is 13.0. The molecule has 1 unspecified atom stereocenters. The summed E-state index contributed by atoms with van der Waals surface area (Å²) in [5.74, 6) is -0.916. The number of rotatable bonds is 3. The Labute approximate surface area is 93.5 Å². The predicted molar refractivity (Wildman–Crippen MR) is 59.5 cm³/mol. The van der Waals surface area contributed by atoms with Crippen LogP contribution in [0.3, 0.4) is 0 Å². The lowest BCUT2D eigenvalue weighted by Crippen LogP contribution is -2.33. The minimum atomic E-state index is -0.635. The van der Waals surface area contributed by atoms with E-state index in [9.17, 15) is 9.18 Å². The van der Waals surface area contributed by atoms with Crippen molar-refractivity contribution in [3.8, 4) is 0 Å². The van der Waals surface area contributed by atoms with Crippen LogP contribution in [-0.4, -0.2) is 35.6 Å². The zero-order valence-corrected chi connectivity index (χ0v) is 9.27. The van der Waals surface area contributed by atoms with E-state index in [1.807, 2.05) is 0 Å². The minimum absolute atomic E-state index is 0.114. The van der Waals surface area contributed by atoms with E-state index in [0.717, 1.165) is 6.07 Å². The Hall–Kier alpha value is -1.62. The van der Waals surface area contributed by atoms with Crippen LogP contribution in [-0.2, 0) is 0 Å². The minimum Gasteiger partial charge on any atom is -0.398 e. The van der Waals surface area contributed by atoms with Crippen LogP contribution >= 0.6 is 0 Å². The van der Waals surface area contributed by atoms with Crippen LogP contribution in [0.2, 0.25) is 0 Å². The predicted octanol–water partition coefficient (Wildman–Crippen LogP) is 0.861. The van der Waals surface area contributed by atoms with Crippen LogP contribution in [0.4, 0.5) is 10.1 Å². The van der Waals surface area contributed by atoms with Gasteiger partial charge >= 0.3 is 0 Å². The second-order valence-corrected chi connectivity index (χ2v) is 3.77. The molecule has 1 aromatic carbocycles. The number of anilines is 1. The molecule has 1 atom stereocenters. The highest BCUT2D eigenvalue weighted by molar-refractivity contribution is 5.98. The number of aliphatic hydroxyl groups is 1. The number of carbonyl (C=O) groups excluding carboxylic acids is 1. The highest BCUT2D eigenvalue weighted by Gasteiger charge is 2.16. The van der Waals surface area contributed by atoms with Crippen molar-refractivity contribution < 1.29 is 14.3 Å². The molecule has 1 amide bonds. The van der Waals surface area contributed by atoms with Gasteiger partial charge in [-0.2, -0.15) is 0 Å². The average Bonchev–Trinajstić information content (AvgIpc) is 2.19. The zero-order chi connectivity index (χ0) is 12.3. The van der Waals surface area contributed by atoms with E-state index < -0.39 is 17.8 Å². The van der Waals surface area contributed by atoms with Gasteiger partial charge in [-0.25, -0.2) is 4.39 Å². The molecule has 0 aromatic heterocycles. The summed E-state index contributed by atoms with van der Waals surface area (Å²) in [4.78, 5) is 13.1. The molecule has 0 fully saturated rings. The third-order valence-electron chi connectivity index (χ3n) is 2.13. The second kappa shape index (κ2) is 4.94. The Morgan fingerprint density at radius 3 is 2.81 bits per heavy atom. The third kappa shape index (κ3) is 2.93. The molecule has 0 aliphatic heterocycles. The van der Waals surface area contributed by atoms with E-state index in [0.29, 0.717) is 0 Å². The van der Waals surface area contributed by atoms with E-state index in [1.165, 1.54) is 24.1 Å². The molecular formula is C11H15FN2O2. The maximum Gasteiger partial charge on any atom is 0.255 e. The zero-order valence-electron chi connectivity index (χ0n) is 9.27. The van der Waals surface area contributed by atoms with Crippen molar-refractivity contribution >= 4 is 11.6 Å². The summed E-state index contributed by atoms with van der Waals surface area (Å²) in [7, 11) is 1.53. The van der Waals surface area contributed by atoms with Crippen molar-refractivity contribution in [3.63, 3.8) is 0 Å². The number of halogens is 1. The van der Waals surface area contributed by atoms with Gasteiger partial charge in [-0.3, -0.25) is 4.79 Å². The Morgan fingerprint density at radius 2 is 2.25 bits per heavy atom. The van der Waals surface area contributed by atoms with Gasteiger partial charge in [0, 0.05) is 19.3 Å². The van der Waals surface area contributed by atoms with E-state index in [-0.39, 0.29) is 17.8 Å². The van der Waals surface area contributed by atoms with Gasteiger partial charge in [-0.15, -0.1) is 0 Å². The third-order valence-corrected chi connectivity index (χ3v) is 2.13. The molecule has 0 heterocycles. The summed E-state index contributed by atoms with van der Waals surface area (Å²) in [6.45, 7) is 1.74. The topological polar surface area (TPSA) is 66.6 Å². The van der Waals surface area contributed by atoms with Crippen molar-refractivity contribution in [1.82, 2.24) is 4.90 Å². The fourth-order valence-electron chi connectivity index (χ4n) is 1.40. The number of benzene rings is 1. The number of hydrogen-bond donors (Lipinski definition) is 2. The number of likely N-dealkylation sites (N-methyl/N-ethyl adjacent to an activating group) is 1. The highest BCUT2D eigenvalue weighted by atomic mass is 19.1. The molecule has 0 spiro atoms. The number of hydrogen-bond acceptors (Lipinski definition) is 3. The lowest BCUT2D eigenvalue weighted by molar-refractivity contribution is 0.0704. The van der Waals surface area contributed by atoms with Crippen LogP contribution in [0.5, 0.6) is 0 Å². The molecule has 0 aliphatic rings. The summed E-state index contributed by atoms with van der Waals surface area (Å²) in [5, 5.41) is 9.14. The summed E-state index contributed by atoms with van der Waals surface area (Å²) in [6.07, 6.45) is -0.635. The van der Waals surface area contributed by atoms with Crippen molar-refractivity contribution in [1.29, 1.82) is 0 Å². The Bertz CT molecular complexity index is 394. The molecule has 3 N–H and O–H groups in total. The normalized spacial score (nSPS) is 12.2. The first-order valence-corrected chi connectivity index (χ1v) is 4.90. The molecular weight excluding hydrogens is 211 g/mol. The van der Waals surface area contributed by atoms with Gasteiger partial charge in [0.25, 0.3) is 5.91 Å². The molecule has 0 bridgehead atoms. The number of nitrogen functional groups attached to an aromatic ring is 1. The summed E-state index contributed by atoms with van der Waals surface area (Å²) in [6, 6.07) is 3.63. The Morgan fingerprint density at radius 1 is 1.62 bits per heavy atom. The molecule has 1 rings (SSSR count). The van der Waals surface area contributed by atoms with Gasteiger partial charge in [0.15, 0.2) is 0 Å². The average molecular weight is 226 g/mol. The maximum absolute atomic E-state index is 13.0. The first-order chi connectivity index (χ1) is 7.41. The molecule has 0 saturated heterocycles.